The van der Waals surface area contributed by atoms with Crippen molar-refractivity contribution in [1.29, 1.82) is 0 Å². The molecule has 136 valence electrons. The van der Waals surface area contributed by atoms with Crippen molar-refractivity contribution in [3.63, 3.8) is 0 Å². The highest BCUT2D eigenvalue weighted by Crippen LogP contribution is 2.39. The van der Waals surface area contributed by atoms with Crippen molar-refractivity contribution >= 4 is 39.7 Å². The predicted octanol–water partition coefficient (Wildman–Crippen LogP) is 3.18. The van der Waals surface area contributed by atoms with Gasteiger partial charge in [0, 0.05) is 23.1 Å². The fourth-order valence-electron chi connectivity index (χ4n) is 3.22. The Kier molecular flexibility index (Phi) is 5.08. The van der Waals surface area contributed by atoms with Crippen LogP contribution in [0.3, 0.4) is 0 Å². The van der Waals surface area contributed by atoms with Crippen molar-refractivity contribution in [1.82, 2.24) is 0 Å². The number of hydrogen-bond donors (Lipinski definition) is 3. The first-order valence-corrected chi connectivity index (χ1v) is 9.30. The van der Waals surface area contributed by atoms with Gasteiger partial charge in [-0.05, 0) is 48.9 Å². The molecule has 6 nitrogen and oxygen atoms in total. The van der Waals surface area contributed by atoms with Crippen LogP contribution >= 0.6 is 11.3 Å². The van der Waals surface area contributed by atoms with E-state index in [9.17, 15) is 14.4 Å². The van der Waals surface area contributed by atoms with Gasteiger partial charge in [0.2, 0.25) is 5.91 Å². The minimum Gasteiger partial charge on any atom is -0.365 e. The second-order valence-corrected chi connectivity index (χ2v) is 7.74. The number of anilines is 2. The van der Waals surface area contributed by atoms with Crippen molar-refractivity contribution in [2.24, 2.45) is 11.7 Å². The summed E-state index contributed by atoms with van der Waals surface area (Å²) < 4.78 is 0. The van der Waals surface area contributed by atoms with E-state index in [1.807, 2.05) is 0 Å². The molecule has 0 saturated carbocycles. The number of benzene rings is 1. The summed E-state index contributed by atoms with van der Waals surface area (Å²) in [5.41, 5.74) is 7.92. The summed E-state index contributed by atoms with van der Waals surface area (Å²) in [4.78, 5) is 36.9. The lowest BCUT2D eigenvalue weighted by molar-refractivity contribution is -0.114. The van der Waals surface area contributed by atoms with E-state index in [2.05, 4.69) is 17.6 Å². The van der Waals surface area contributed by atoms with Crippen LogP contribution in [0.5, 0.6) is 0 Å². The van der Waals surface area contributed by atoms with E-state index in [-0.39, 0.29) is 11.8 Å². The molecule has 7 heteroatoms. The van der Waals surface area contributed by atoms with Crippen LogP contribution in [0.2, 0.25) is 0 Å². The second-order valence-electron chi connectivity index (χ2n) is 6.64. The summed E-state index contributed by atoms with van der Waals surface area (Å²) in [5, 5.41) is 5.98. The molecule has 1 aromatic carbocycles. The molecular formula is C19H21N3O3S. The summed E-state index contributed by atoms with van der Waals surface area (Å²) in [5.74, 6) is -0.510. The molecule has 1 aliphatic carbocycles. The molecule has 0 saturated heterocycles. The van der Waals surface area contributed by atoms with E-state index in [0.717, 1.165) is 29.7 Å². The number of amides is 3. The summed E-state index contributed by atoms with van der Waals surface area (Å²) in [6, 6.07) is 6.64. The van der Waals surface area contributed by atoms with Crippen LogP contribution in [-0.2, 0) is 17.6 Å². The number of fused-ring (bicyclic) bond motifs is 1. The minimum absolute atomic E-state index is 0.210. The molecular weight excluding hydrogens is 350 g/mol. The summed E-state index contributed by atoms with van der Waals surface area (Å²) in [7, 11) is 0. The van der Waals surface area contributed by atoms with E-state index in [1.165, 1.54) is 18.3 Å². The highest BCUT2D eigenvalue weighted by molar-refractivity contribution is 7.17. The van der Waals surface area contributed by atoms with Crippen molar-refractivity contribution in [2.75, 3.05) is 10.6 Å². The first-order valence-electron chi connectivity index (χ1n) is 8.48. The third kappa shape index (κ3) is 3.77. The number of thiophene rings is 1. The smallest absolute Gasteiger partial charge is 0.256 e. The number of nitrogens with one attached hydrogen (secondary N) is 2. The number of carbonyl (C=O) groups is 3. The van der Waals surface area contributed by atoms with Gasteiger partial charge in [-0.2, -0.15) is 0 Å². The van der Waals surface area contributed by atoms with Gasteiger partial charge in [0.1, 0.15) is 5.00 Å². The lowest BCUT2D eigenvalue weighted by Crippen LogP contribution is -2.19. The zero-order valence-electron chi connectivity index (χ0n) is 14.7. The fraction of sp³-hybridized carbons (Fsp3) is 0.316. The third-order valence-corrected chi connectivity index (χ3v) is 5.60. The van der Waals surface area contributed by atoms with E-state index in [1.54, 1.807) is 24.3 Å². The molecule has 0 aliphatic heterocycles. The Balaban J connectivity index is 1.88. The quantitative estimate of drug-likeness (QED) is 0.769. The molecule has 0 spiro atoms. The van der Waals surface area contributed by atoms with Crippen LogP contribution in [0.15, 0.2) is 24.3 Å². The van der Waals surface area contributed by atoms with Gasteiger partial charge in [-0.15, -0.1) is 11.3 Å². The van der Waals surface area contributed by atoms with E-state index in [0.29, 0.717) is 27.7 Å². The molecule has 26 heavy (non-hydrogen) atoms. The Morgan fingerprint density at radius 1 is 1.23 bits per heavy atom. The van der Waals surface area contributed by atoms with Gasteiger partial charge in [-0.1, -0.05) is 13.0 Å². The molecule has 1 aromatic heterocycles. The third-order valence-electron chi connectivity index (χ3n) is 4.43. The molecule has 3 amide bonds. The highest BCUT2D eigenvalue weighted by Gasteiger charge is 2.27. The largest absolute Gasteiger partial charge is 0.365 e. The maximum absolute atomic E-state index is 12.6. The number of rotatable bonds is 4. The molecule has 3 rings (SSSR count). The van der Waals surface area contributed by atoms with E-state index in [4.69, 9.17) is 5.73 Å². The molecule has 0 bridgehead atoms. The Hall–Kier alpha value is -2.67. The van der Waals surface area contributed by atoms with Crippen LogP contribution in [0, 0.1) is 5.92 Å². The monoisotopic (exact) mass is 371 g/mol. The van der Waals surface area contributed by atoms with Crippen LogP contribution in [0.4, 0.5) is 10.7 Å². The zero-order chi connectivity index (χ0) is 18.8. The lowest BCUT2D eigenvalue weighted by Gasteiger charge is -2.18. The predicted molar refractivity (Wildman–Crippen MR) is 103 cm³/mol. The average molecular weight is 371 g/mol. The maximum Gasteiger partial charge on any atom is 0.256 e. The second kappa shape index (κ2) is 7.29. The fourth-order valence-corrected chi connectivity index (χ4v) is 4.63. The van der Waals surface area contributed by atoms with Gasteiger partial charge >= 0.3 is 0 Å². The SMILES string of the molecule is CC(=O)Nc1cccc(C(=O)Nc2sc3c(c2C(N)=O)CC[C@@H](C)C3)c1. The molecule has 4 N–H and O–H groups in total. The Labute approximate surface area is 155 Å². The Morgan fingerprint density at radius 2 is 2.00 bits per heavy atom. The molecule has 1 heterocycles. The van der Waals surface area contributed by atoms with Gasteiger partial charge in [-0.3, -0.25) is 14.4 Å². The Morgan fingerprint density at radius 3 is 2.69 bits per heavy atom. The van der Waals surface area contributed by atoms with Crippen molar-refractivity contribution in [3.05, 3.63) is 45.8 Å². The van der Waals surface area contributed by atoms with Crippen LogP contribution in [0.1, 0.15) is 51.4 Å². The summed E-state index contributed by atoms with van der Waals surface area (Å²) >= 11 is 1.43. The van der Waals surface area contributed by atoms with Crippen LogP contribution in [-0.4, -0.2) is 17.7 Å². The summed E-state index contributed by atoms with van der Waals surface area (Å²) in [6.45, 7) is 3.58. The number of hydrogen-bond acceptors (Lipinski definition) is 4. The van der Waals surface area contributed by atoms with Crippen molar-refractivity contribution in [2.45, 2.75) is 33.1 Å². The van der Waals surface area contributed by atoms with E-state index < -0.39 is 5.91 Å². The molecule has 0 radical (unpaired) electrons. The van der Waals surface area contributed by atoms with Crippen molar-refractivity contribution < 1.29 is 14.4 Å². The number of carbonyl (C=O) groups excluding carboxylic acids is 3. The van der Waals surface area contributed by atoms with Crippen molar-refractivity contribution in [3.8, 4) is 0 Å². The minimum atomic E-state index is -0.514. The van der Waals surface area contributed by atoms with E-state index >= 15 is 0 Å². The molecule has 0 fully saturated rings. The maximum atomic E-state index is 12.6. The first-order chi connectivity index (χ1) is 12.3. The molecule has 2 aromatic rings. The van der Waals surface area contributed by atoms with Crippen LogP contribution < -0.4 is 16.4 Å². The van der Waals surface area contributed by atoms with Gasteiger partial charge in [-0.25, -0.2) is 0 Å². The van der Waals surface area contributed by atoms with Gasteiger partial charge < -0.3 is 16.4 Å². The summed E-state index contributed by atoms with van der Waals surface area (Å²) in [6.07, 6.45) is 2.71. The normalized spacial score (nSPS) is 15.8. The molecule has 1 atom stereocenters. The number of primary amides is 1. The van der Waals surface area contributed by atoms with Crippen LogP contribution in [0.25, 0.3) is 0 Å². The Bertz CT molecular complexity index is 888. The van der Waals surface area contributed by atoms with Gasteiger partial charge in [0.25, 0.3) is 11.8 Å². The topological polar surface area (TPSA) is 101 Å². The van der Waals surface area contributed by atoms with Gasteiger partial charge in [0.15, 0.2) is 0 Å². The number of nitrogens with two attached hydrogens (primary N) is 1. The van der Waals surface area contributed by atoms with Gasteiger partial charge in [0.05, 0.1) is 5.56 Å². The average Bonchev–Trinajstić information content (AvgIpc) is 2.91. The molecule has 0 unspecified atom stereocenters. The lowest BCUT2D eigenvalue weighted by atomic mass is 9.88. The highest BCUT2D eigenvalue weighted by atomic mass is 32.1. The molecule has 1 aliphatic rings. The zero-order valence-corrected chi connectivity index (χ0v) is 15.5. The first kappa shape index (κ1) is 18.1. The standard InChI is InChI=1S/C19H21N3O3S/c1-10-6-7-14-15(8-10)26-19(16(14)17(20)24)22-18(25)12-4-3-5-13(9-12)21-11(2)23/h3-5,9-10H,6-8H2,1-2H3,(H2,20,24)(H,21,23)(H,22,25)/t10-/m1/s1.